The van der Waals surface area contributed by atoms with E-state index in [0.29, 0.717) is 34.4 Å². The van der Waals surface area contributed by atoms with Crippen molar-refractivity contribution in [3.63, 3.8) is 0 Å². The van der Waals surface area contributed by atoms with Gasteiger partial charge in [0.05, 0.1) is 0 Å². The monoisotopic (exact) mass is 544 g/mol. The molecule has 0 spiro atoms. The van der Waals surface area contributed by atoms with Crippen molar-refractivity contribution in [1.29, 1.82) is 5.26 Å². The van der Waals surface area contributed by atoms with E-state index in [1.807, 2.05) is 97.1 Å². The lowest BCUT2D eigenvalue weighted by molar-refractivity contribution is -0.112. The minimum Gasteiger partial charge on any atom is -0.489 e. The van der Waals surface area contributed by atoms with Crippen LogP contribution < -0.4 is 14.8 Å². The Morgan fingerprint density at radius 1 is 0.800 bits per heavy atom. The number of anilines is 1. The van der Waals surface area contributed by atoms with Crippen molar-refractivity contribution in [2.75, 3.05) is 5.32 Å². The molecule has 0 aliphatic heterocycles. The van der Waals surface area contributed by atoms with Crippen LogP contribution in [-0.2, 0) is 18.0 Å². The highest BCUT2D eigenvalue weighted by Crippen LogP contribution is 2.32. The van der Waals surface area contributed by atoms with Gasteiger partial charge in [-0.2, -0.15) is 5.26 Å². The Morgan fingerprint density at radius 3 is 2.30 bits per heavy atom. The third-order valence-electron chi connectivity index (χ3n) is 6.29. The number of nitriles is 1. The molecule has 196 valence electrons. The van der Waals surface area contributed by atoms with Gasteiger partial charge in [-0.25, -0.2) is 0 Å². The van der Waals surface area contributed by atoms with Crippen LogP contribution in [0.1, 0.15) is 16.7 Å². The summed E-state index contributed by atoms with van der Waals surface area (Å²) in [6, 6.07) is 37.9. The van der Waals surface area contributed by atoms with Gasteiger partial charge >= 0.3 is 0 Å². The molecule has 5 aromatic rings. The van der Waals surface area contributed by atoms with Crippen molar-refractivity contribution in [3.05, 3.63) is 143 Å². The molecular weight excluding hydrogens is 520 g/mol. The molecule has 0 fully saturated rings. The van der Waals surface area contributed by atoms with E-state index in [1.54, 1.807) is 30.3 Å². The first-order valence-electron chi connectivity index (χ1n) is 12.7. The molecule has 0 aliphatic rings. The largest absolute Gasteiger partial charge is 0.489 e. The lowest BCUT2D eigenvalue weighted by atomic mass is 10.0. The minimum atomic E-state index is -0.523. The second kappa shape index (κ2) is 12.7. The summed E-state index contributed by atoms with van der Waals surface area (Å²) in [6.45, 7) is 0.686. The molecule has 0 radical (unpaired) electrons. The molecule has 0 heterocycles. The number of nitrogens with zero attached hydrogens (tertiary/aromatic N) is 1. The van der Waals surface area contributed by atoms with Crippen molar-refractivity contribution in [2.45, 2.75) is 13.2 Å². The molecule has 5 aromatic carbocycles. The highest BCUT2D eigenvalue weighted by molar-refractivity contribution is 6.31. The quantitative estimate of drug-likeness (QED) is 0.150. The van der Waals surface area contributed by atoms with Crippen LogP contribution in [0, 0.1) is 11.3 Å². The van der Waals surface area contributed by atoms with Crippen LogP contribution in [0.15, 0.2) is 121 Å². The lowest BCUT2D eigenvalue weighted by Crippen LogP contribution is -2.13. The normalized spacial score (nSPS) is 11.1. The molecule has 0 saturated carbocycles. The first-order chi connectivity index (χ1) is 19.6. The van der Waals surface area contributed by atoms with E-state index in [2.05, 4.69) is 5.32 Å². The fourth-order valence-corrected chi connectivity index (χ4v) is 4.38. The van der Waals surface area contributed by atoms with Gasteiger partial charge in [0.15, 0.2) is 0 Å². The fraction of sp³-hybridized carbons (Fsp3) is 0.0588. The molecule has 5 nitrogen and oxygen atoms in total. The van der Waals surface area contributed by atoms with Crippen LogP contribution in [0.2, 0.25) is 5.02 Å². The van der Waals surface area contributed by atoms with Crippen LogP contribution in [0.4, 0.5) is 5.69 Å². The maximum absolute atomic E-state index is 13.1. The molecule has 0 saturated heterocycles. The summed E-state index contributed by atoms with van der Waals surface area (Å²) in [5, 5.41) is 15.1. The molecule has 0 atom stereocenters. The summed E-state index contributed by atoms with van der Waals surface area (Å²) in [5.41, 5.74) is 3.03. The fourth-order valence-electron chi connectivity index (χ4n) is 4.19. The molecule has 0 unspecified atom stereocenters. The molecule has 1 amide bonds. The van der Waals surface area contributed by atoms with Crippen molar-refractivity contribution < 1.29 is 14.3 Å². The Hall–Kier alpha value is -5.05. The highest BCUT2D eigenvalue weighted by atomic mass is 35.5. The topological polar surface area (TPSA) is 71.3 Å². The van der Waals surface area contributed by atoms with E-state index < -0.39 is 5.91 Å². The molecule has 0 aliphatic carbocycles. The maximum atomic E-state index is 13.1. The number of amides is 1. The van der Waals surface area contributed by atoms with E-state index in [-0.39, 0.29) is 12.2 Å². The Bertz CT molecular complexity index is 1710. The molecule has 1 N–H and O–H groups in total. The number of hydrogen-bond donors (Lipinski definition) is 1. The average Bonchev–Trinajstić information content (AvgIpc) is 3.00. The zero-order valence-electron chi connectivity index (χ0n) is 21.5. The number of benzene rings is 5. The van der Waals surface area contributed by atoms with Gasteiger partial charge in [0.2, 0.25) is 0 Å². The number of hydrogen-bond acceptors (Lipinski definition) is 4. The van der Waals surface area contributed by atoms with Gasteiger partial charge in [0.1, 0.15) is 36.4 Å². The number of halogens is 1. The minimum absolute atomic E-state index is 0.0525. The molecule has 0 bridgehead atoms. The number of nitrogens with one attached hydrogen (secondary N) is 1. The second-order valence-corrected chi connectivity index (χ2v) is 9.41. The summed E-state index contributed by atoms with van der Waals surface area (Å²) in [5.74, 6) is 0.693. The SMILES string of the molecule is N#C/C(=C\c1c(OCc2ccccc2Cl)ccc2ccccc12)C(=O)Nc1ccc(OCc2ccccc2)cc1. The smallest absolute Gasteiger partial charge is 0.266 e. The number of rotatable bonds is 9. The highest BCUT2D eigenvalue weighted by Gasteiger charge is 2.14. The first kappa shape index (κ1) is 26.6. The first-order valence-corrected chi connectivity index (χ1v) is 13.1. The average molecular weight is 545 g/mol. The molecule has 5 rings (SSSR count). The number of carbonyl (C=O) groups excluding carboxylic acids is 1. The lowest BCUT2D eigenvalue weighted by Gasteiger charge is -2.13. The third kappa shape index (κ3) is 6.50. The Morgan fingerprint density at radius 2 is 1.52 bits per heavy atom. The standard InChI is InChI=1S/C34H25ClN2O3/c35-32-13-7-5-11-26(32)23-40-33-19-14-25-10-4-6-12-30(25)31(33)20-27(21-36)34(38)37-28-15-17-29(18-16-28)39-22-24-8-2-1-3-9-24/h1-20H,22-23H2,(H,37,38)/b27-20+. The Labute approximate surface area is 237 Å². The molecular formula is C34H25ClN2O3. The van der Waals surface area contributed by atoms with Crippen molar-refractivity contribution in [2.24, 2.45) is 0 Å². The molecule has 40 heavy (non-hydrogen) atoms. The van der Waals surface area contributed by atoms with E-state index in [9.17, 15) is 10.1 Å². The van der Waals surface area contributed by atoms with Crippen molar-refractivity contribution >= 4 is 40.0 Å². The van der Waals surface area contributed by atoms with Gasteiger partial charge in [-0.05, 0) is 58.8 Å². The van der Waals surface area contributed by atoms with Crippen LogP contribution in [0.25, 0.3) is 16.8 Å². The van der Waals surface area contributed by atoms with Gasteiger partial charge in [-0.15, -0.1) is 0 Å². The maximum Gasteiger partial charge on any atom is 0.266 e. The predicted molar refractivity (Wildman–Crippen MR) is 159 cm³/mol. The zero-order valence-corrected chi connectivity index (χ0v) is 22.3. The second-order valence-electron chi connectivity index (χ2n) is 9.00. The van der Waals surface area contributed by atoms with Crippen LogP contribution in [0.5, 0.6) is 11.5 Å². The van der Waals surface area contributed by atoms with E-state index in [0.717, 1.165) is 21.9 Å². The van der Waals surface area contributed by atoms with Crippen molar-refractivity contribution in [1.82, 2.24) is 0 Å². The Balaban J connectivity index is 1.35. The van der Waals surface area contributed by atoms with Gasteiger partial charge in [-0.1, -0.05) is 90.5 Å². The van der Waals surface area contributed by atoms with E-state index >= 15 is 0 Å². The summed E-state index contributed by atoms with van der Waals surface area (Å²) in [4.78, 5) is 13.1. The van der Waals surface area contributed by atoms with Gasteiger partial charge in [0.25, 0.3) is 5.91 Å². The summed E-state index contributed by atoms with van der Waals surface area (Å²) >= 11 is 6.31. The van der Waals surface area contributed by atoms with Crippen LogP contribution in [-0.4, -0.2) is 5.91 Å². The van der Waals surface area contributed by atoms with Crippen LogP contribution >= 0.6 is 11.6 Å². The summed E-state index contributed by atoms with van der Waals surface area (Å²) in [7, 11) is 0. The van der Waals surface area contributed by atoms with E-state index in [1.165, 1.54) is 0 Å². The Kier molecular flexibility index (Phi) is 8.41. The van der Waals surface area contributed by atoms with Gasteiger partial charge < -0.3 is 14.8 Å². The van der Waals surface area contributed by atoms with Gasteiger partial charge in [0, 0.05) is 21.8 Å². The van der Waals surface area contributed by atoms with E-state index in [4.69, 9.17) is 21.1 Å². The zero-order chi connectivity index (χ0) is 27.7. The van der Waals surface area contributed by atoms with Gasteiger partial charge in [-0.3, -0.25) is 4.79 Å². The summed E-state index contributed by atoms with van der Waals surface area (Å²) in [6.07, 6.45) is 1.57. The number of fused-ring (bicyclic) bond motifs is 1. The summed E-state index contributed by atoms with van der Waals surface area (Å²) < 4.78 is 12.0. The number of carbonyl (C=O) groups is 1. The van der Waals surface area contributed by atoms with Crippen molar-refractivity contribution in [3.8, 4) is 17.6 Å². The molecule has 0 aromatic heterocycles. The third-order valence-corrected chi connectivity index (χ3v) is 6.65. The molecule has 6 heteroatoms. The van der Waals surface area contributed by atoms with Crippen LogP contribution in [0.3, 0.4) is 0 Å². The predicted octanol–water partition coefficient (Wildman–Crippen LogP) is 8.20. The number of ether oxygens (including phenoxy) is 2.